The molecule has 5 heteroatoms. The van der Waals surface area contributed by atoms with Crippen molar-refractivity contribution in [1.29, 1.82) is 0 Å². The van der Waals surface area contributed by atoms with Gasteiger partial charge in [-0.25, -0.2) is 4.79 Å². The maximum absolute atomic E-state index is 11.1. The van der Waals surface area contributed by atoms with E-state index in [9.17, 15) is 4.79 Å². The van der Waals surface area contributed by atoms with Crippen LogP contribution < -0.4 is 0 Å². The highest BCUT2D eigenvalue weighted by molar-refractivity contribution is 9.10. The van der Waals surface area contributed by atoms with Gasteiger partial charge in [0.1, 0.15) is 0 Å². The fourth-order valence-corrected chi connectivity index (χ4v) is 1.74. The Kier molecular flexibility index (Phi) is 3.59. The normalized spacial score (nSPS) is 9.85. The molecule has 0 amide bonds. The first-order valence-electron chi connectivity index (χ1n) is 3.29. The largest absolute Gasteiger partial charge is 0.465 e. The number of halogens is 3. The van der Waals surface area contributed by atoms with Crippen molar-refractivity contribution in [2.75, 3.05) is 7.11 Å². The number of hydrogen-bond acceptors (Lipinski definition) is 2. The summed E-state index contributed by atoms with van der Waals surface area (Å²) >= 11 is 14.7. The molecule has 0 fully saturated rings. The van der Waals surface area contributed by atoms with Crippen LogP contribution >= 0.6 is 39.1 Å². The Balaban J connectivity index is 3.26. The molecule has 0 atom stereocenters. The number of benzene rings is 1. The SMILES string of the molecule is COC(=O)c1ccc(Cl)c(Cl)c1Br. The molecule has 0 bridgehead atoms. The average Bonchev–Trinajstić information content (AvgIpc) is 2.13. The number of esters is 1. The zero-order valence-electron chi connectivity index (χ0n) is 6.61. The molecule has 0 saturated carbocycles. The van der Waals surface area contributed by atoms with Crippen molar-refractivity contribution < 1.29 is 9.53 Å². The fourth-order valence-electron chi connectivity index (χ4n) is 0.794. The molecule has 1 aromatic carbocycles. The van der Waals surface area contributed by atoms with Gasteiger partial charge in [0.05, 0.1) is 27.2 Å². The van der Waals surface area contributed by atoms with E-state index in [1.54, 1.807) is 12.1 Å². The minimum atomic E-state index is -0.453. The summed E-state index contributed by atoms with van der Waals surface area (Å²) in [5, 5.41) is 0.700. The van der Waals surface area contributed by atoms with Gasteiger partial charge in [0, 0.05) is 0 Å². The second-order valence-electron chi connectivity index (χ2n) is 2.21. The summed E-state index contributed by atoms with van der Waals surface area (Å²) in [6.07, 6.45) is 0. The minimum absolute atomic E-state index is 0.310. The Labute approximate surface area is 93.9 Å². The molecule has 2 nitrogen and oxygen atoms in total. The first-order chi connectivity index (χ1) is 6.07. The van der Waals surface area contributed by atoms with Crippen LogP contribution in [0.15, 0.2) is 16.6 Å². The van der Waals surface area contributed by atoms with Gasteiger partial charge in [0.15, 0.2) is 0 Å². The highest BCUT2D eigenvalue weighted by Crippen LogP contribution is 2.33. The number of carbonyl (C=O) groups excluding carboxylic acids is 1. The van der Waals surface area contributed by atoms with E-state index in [1.807, 2.05) is 0 Å². The van der Waals surface area contributed by atoms with Crippen LogP contribution in [0.2, 0.25) is 10.0 Å². The second kappa shape index (κ2) is 4.31. The van der Waals surface area contributed by atoms with Crippen LogP contribution in [0.1, 0.15) is 10.4 Å². The molecule has 0 N–H and O–H groups in total. The quantitative estimate of drug-likeness (QED) is 0.582. The number of carbonyl (C=O) groups is 1. The maximum atomic E-state index is 11.1. The molecule has 0 unspecified atom stereocenters. The Morgan fingerprint density at radius 3 is 2.62 bits per heavy atom. The van der Waals surface area contributed by atoms with Crippen molar-refractivity contribution in [3.63, 3.8) is 0 Å². The van der Waals surface area contributed by atoms with Gasteiger partial charge in [-0.3, -0.25) is 0 Å². The fraction of sp³-hybridized carbons (Fsp3) is 0.125. The molecule has 0 aliphatic heterocycles. The predicted octanol–water partition coefficient (Wildman–Crippen LogP) is 3.54. The molecule has 0 radical (unpaired) electrons. The third-order valence-electron chi connectivity index (χ3n) is 1.44. The molecule has 70 valence electrons. The van der Waals surface area contributed by atoms with Gasteiger partial charge < -0.3 is 4.74 Å². The van der Waals surface area contributed by atoms with E-state index in [2.05, 4.69) is 20.7 Å². The van der Waals surface area contributed by atoms with Gasteiger partial charge in [-0.15, -0.1) is 0 Å². The summed E-state index contributed by atoms with van der Waals surface area (Å²) in [4.78, 5) is 11.1. The van der Waals surface area contributed by atoms with Crippen molar-refractivity contribution in [3.05, 3.63) is 32.2 Å². The van der Waals surface area contributed by atoms with E-state index in [1.165, 1.54) is 7.11 Å². The predicted molar refractivity (Wildman–Crippen MR) is 55.5 cm³/mol. The topological polar surface area (TPSA) is 26.3 Å². The molecule has 0 aliphatic carbocycles. The van der Waals surface area contributed by atoms with Crippen LogP contribution in [0.4, 0.5) is 0 Å². The van der Waals surface area contributed by atoms with Crippen LogP contribution in [-0.4, -0.2) is 13.1 Å². The third kappa shape index (κ3) is 2.16. The Morgan fingerprint density at radius 2 is 2.08 bits per heavy atom. The molecular formula is C8H5BrCl2O2. The lowest BCUT2D eigenvalue weighted by molar-refractivity contribution is 0.0599. The van der Waals surface area contributed by atoms with Crippen LogP contribution in [0, 0.1) is 0 Å². The van der Waals surface area contributed by atoms with E-state index >= 15 is 0 Å². The summed E-state index contributed by atoms with van der Waals surface area (Å²) in [7, 11) is 1.30. The zero-order chi connectivity index (χ0) is 10.0. The third-order valence-corrected chi connectivity index (χ3v) is 3.30. The van der Waals surface area contributed by atoms with Gasteiger partial charge in [0.25, 0.3) is 0 Å². The number of rotatable bonds is 1. The van der Waals surface area contributed by atoms with E-state index in [-0.39, 0.29) is 0 Å². The lowest BCUT2D eigenvalue weighted by Gasteiger charge is -2.04. The molecule has 0 aliphatic rings. The lowest BCUT2D eigenvalue weighted by atomic mass is 10.2. The maximum Gasteiger partial charge on any atom is 0.339 e. The van der Waals surface area contributed by atoms with Gasteiger partial charge in [-0.2, -0.15) is 0 Å². The van der Waals surface area contributed by atoms with Gasteiger partial charge in [0.2, 0.25) is 0 Å². The van der Waals surface area contributed by atoms with Crippen LogP contribution in [-0.2, 0) is 4.74 Å². The zero-order valence-corrected chi connectivity index (χ0v) is 9.70. The first-order valence-corrected chi connectivity index (χ1v) is 4.84. The number of ether oxygens (including phenoxy) is 1. The van der Waals surface area contributed by atoms with E-state index in [0.717, 1.165) is 0 Å². The summed E-state index contributed by atoms with van der Waals surface area (Å²) < 4.78 is 4.99. The average molecular weight is 284 g/mol. The Bertz CT molecular complexity index is 352. The summed E-state index contributed by atoms with van der Waals surface area (Å²) in [6.45, 7) is 0. The molecule has 1 rings (SSSR count). The molecular weight excluding hydrogens is 279 g/mol. The highest BCUT2D eigenvalue weighted by atomic mass is 79.9. The van der Waals surface area contributed by atoms with E-state index in [0.29, 0.717) is 20.1 Å². The lowest BCUT2D eigenvalue weighted by Crippen LogP contribution is -2.02. The molecule has 0 saturated heterocycles. The van der Waals surface area contributed by atoms with E-state index in [4.69, 9.17) is 23.2 Å². The van der Waals surface area contributed by atoms with Crippen molar-refractivity contribution in [2.24, 2.45) is 0 Å². The molecule has 13 heavy (non-hydrogen) atoms. The summed E-state index contributed by atoms with van der Waals surface area (Å²) in [6, 6.07) is 3.09. The number of methoxy groups -OCH3 is 1. The highest BCUT2D eigenvalue weighted by Gasteiger charge is 2.14. The van der Waals surface area contributed by atoms with E-state index < -0.39 is 5.97 Å². The van der Waals surface area contributed by atoms with Crippen molar-refractivity contribution in [1.82, 2.24) is 0 Å². The molecule has 0 spiro atoms. The number of hydrogen-bond donors (Lipinski definition) is 0. The summed E-state index contributed by atoms with van der Waals surface area (Å²) in [5.41, 5.74) is 0.358. The Morgan fingerprint density at radius 1 is 1.46 bits per heavy atom. The second-order valence-corrected chi connectivity index (χ2v) is 3.79. The van der Waals surface area contributed by atoms with Gasteiger partial charge in [-0.1, -0.05) is 23.2 Å². The van der Waals surface area contributed by atoms with Crippen molar-refractivity contribution >= 4 is 45.1 Å². The van der Waals surface area contributed by atoms with Gasteiger partial charge in [-0.05, 0) is 28.1 Å². The van der Waals surface area contributed by atoms with Crippen LogP contribution in [0.5, 0.6) is 0 Å². The molecule has 0 heterocycles. The Hall–Kier alpha value is -0.250. The van der Waals surface area contributed by atoms with Crippen LogP contribution in [0.3, 0.4) is 0 Å². The standard InChI is InChI=1S/C8H5BrCl2O2/c1-13-8(12)4-2-3-5(10)7(11)6(4)9/h2-3H,1H3. The summed E-state index contributed by atoms with van der Waals surface area (Å²) in [5.74, 6) is -0.453. The smallest absolute Gasteiger partial charge is 0.339 e. The van der Waals surface area contributed by atoms with Crippen molar-refractivity contribution in [3.8, 4) is 0 Å². The molecule has 0 aromatic heterocycles. The molecule has 1 aromatic rings. The van der Waals surface area contributed by atoms with Gasteiger partial charge >= 0.3 is 5.97 Å². The first kappa shape index (κ1) is 10.8. The van der Waals surface area contributed by atoms with Crippen LogP contribution in [0.25, 0.3) is 0 Å². The monoisotopic (exact) mass is 282 g/mol. The van der Waals surface area contributed by atoms with Crippen molar-refractivity contribution in [2.45, 2.75) is 0 Å². The minimum Gasteiger partial charge on any atom is -0.465 e.